The van der Waals surface area contributed by atoms with Crippen LogP contribution in [-0.4, -0.2) is 15.0 Å². The van der Waals surface area contributed by atoms with E-state index in [0.29, 0.717) is 17.5 Å². The molecule has 0 saturated heterocycles. The molecule has 58 heavy (non-hydrogen) atoms. The summed E-state index contributed by atoms with van der Waals surface area (Å²) in [6.07, 6.45) is 0. The highest BCUT2D eigenvalue weighted by atomic mass is 32.1. The van der Waals surface area contributed by atoms with Crippen LogP contribution in [0, 0.1) is 0 Å². The lowest BCUT2D eigenvalue weighted by molar-refractivity contribution is 0.660. The number of aromatic nitrogens is 3. The van der Waals surface area contributed by atoms with Crippen LogP contribution in [0.15, 0.2) is 176 Å². The average Bonchev–Trinajstić information content (AvgIpc) is 3.77. The quantitative estimate of drug-likeness (QED) is 0.133. The Bertz CT molecular complexity index is 3490. The summed E-state index contributed by atoms with van der Waals surface area (Å²) >= 11 is 1.86. The van der Waals surface area contributed by atoms with E-state index in [2.05, 4.69) is 190 Å². The minimum atomic E-state index is -0.152. The Kier molecular flexibility index (Phi) is 7.14. The van der Waals surface area contributed by atoms with Gasteiger partial charge in [0, 0.05) is 42.3 Å². The molecule has 2 aromatic heterocycles. The Morgan fingerprint density at radius 1 is 0.379 bits per heavy atom. The Labute approximate surface area is 340 Å². The second-order valence-electron chi connectivity index (χ2n) is 15.9. The van der Waals surface area contributed by atoms with E-state index >= 15 is 0 Å². The normalized spacial score (nSPS) is 13.1. The van der Waals surface area contributed by atoms with Crippen molar-refractivity contribution < 1.29 is 0 Å². The first kappa shape index (κ1) is 33.2. The van der Waals surface area contributed by atoms with E-state index in [1.165, 1.54) is 69.7 Å². The van der Waals surface area contributed by atoms with Crippen LogP contribution >= 0.6 is 11.3 Å². The molecule has 0 fully saturated rings. The molecule has 12 rings (SSSR count). The molecule has 1 aliphatic rings. The van der Waals surface area contributed by atoms with Gasteiger partial charge in [-0.1, -0.05) is 172 Å². The summed E-state index contributed by atoms with van der Waals surface area (Å²) in [5.74, 6) is 1.98. The molecular formula is C54H35N3S. The second kappa shape index (κ2) is 12.5. The fourth-order valence-corrected chi connectivity index (χ4v) is 10.7. The van der Waals surface area contributed by atoms with Crippen molar-refractivity contribution in [3.05, 3.63) is 187 Å². The molecule has 0 unspecified atom stereocenters. The Morgan fingerprint density at radius 3 is 1.86 bits per heavy atom. The predicted molar refractivity (Wildman–Crippen MR) is 245 cm³/mol. The number of rotatable bonds is 4. The van der Waals surface area contributed by atoms with Crippen LogP contribution in [0.1, 0.15) is 25.0 Å². The van der Waals surface area contributed by atoms with Crippen LogP contribution in [-0.2, 0) is 5.41 Å². The van der Waals surface area contributed by atoms with Crippen molar-refractivity contribution in [3.63, 3.8) is 0 Å². The second-order valence-corrected chi connectivity index (χ2v) is 17.0. The molecule has 0 radical (unpaired) electrons. The van der Waals surface area contributed by atoms with Crippen LogP contribution in [0.3, 0.4) is 0 Å². The van der Waals surface area contributed by atoms with Gasteiger partial charge in [0.1, 0.15) is 0 Å². The molecule has 272 valence electrons. The van der Waals surface area contributed by atoms with Crippen molar-refractivity contribution >= 4 is 63.8 Å². The molecule has 11 aromatic rings. The molecule has 0 bridgehead atoms. The number of benzene rings is 9. The van der Waals surface area contributed by atoms with Gasteiger partial charge < -0.3 is 0 Å². The predicted octanol–water partition coefficient (Wildman–Crippen LogP) is 14.7. The molecule has 9 aromatic carbocycles. The van der Waals surface area contributed by atoms with Gasteiger partial charge in [-0.05, 0) is 83.9 Å². The number of hydrogen-bond acceptors (Lipinski definition) is 4. The highest BCUT2D eigenvalue weighted by Gasteiger charge is 2.35. The number of hydrogen-bond donors (Lipinski definition) is 0. The topological polar surface area (TPSA) is 38.7 Å². The highest BCUT2D eigenvalue weighted by molar-refractivity contribution is 7.26. The van der Waals surface area contributed by atoms with E-state index in [1.54, 1.807) is 0 Å². The zero-order valence-corrected chi connectivity index (χ0v) is 32.8. The maximum atomic E-state index is 5.40. The van der Waals surface area contributed by atoms with Gasteiger partial charge in [-0.3, -0.25) is 0 Å². The fraction of sp³-hybridized carbons (Fsp3) is 0.0556. The zero-order chi connectivity index (χ0) is 38.5. The smallest absolute Gasteiger partial charge is 0.165 e. The Hall–Kier alpha value is -7.01. The molecular weight excluding hydrogens is 723 g/mol. The molecule has 0 atom stereocenters. The largest absolute Gasteiger partial charge is 0.208 e. The van der Waals surface area contributed by atoms with Crippen molar-refractivity contribution in [1.82, 2.24) is 15.0 Å². The minimum Gasteiger partial charge on any atom is -0.208 e. The molecule has 0 N–H and O–H groups in total. The molecule has 1 aliphatic carbocycles. The van der Waals surface area contributed by atoms with E-state index in [9.17, 15) is 0 Å². The first-order chi connectivity index (χ1) is 28.5. The molecule has 4 heteroatoms. The van der Waals surface area contributed by atoms with E-state index in [0.717, 1.165) is 32.8 Å². The third kappa shape index (κ3) is 4.95. The van der Waals surface area contributed by atoms with Gasteiger partial charge in [0.05, 0.1) is 0 Å². The average molecular weight is 758 g/mol. The fourth-order valence-electron chi connectivity index (χ4n) is 9.42. The van der Waals surface area contributed by atoms with Crippen LogP contribution in [0.5, 0.6) is 0 Å². The summed E-state index contributed by atoms with van der Waals surface area (Å²) < 4.78 is 2.61. The van der Waals surface area contributed by atoms with Gasteiger partial charge in [0.15, 0.2) is 17.5 Å². The van der Waals surface area contributed by atoms with Crippen LogP contribution in [0.2, 0.25) is 0 Å². The van der Waals surface area contributed by atoms with Gasteiger partial charge in [0.2, 0.25) is 0 Å². The van der Waals surface area contributed by atoms with Crippen LogP contribution < -0.4 is 0 Å². The van der Waals surface area contributed by atoms with Crippen molar-refractivity contribution in [2.45, 2.75) is 19.3 Å². The van der Waals surface area contributed by atoms with Gasteiger partial charge in [0.25, 0.3) is 0 Å². The third-order valence-corrected chi connectivity index (χ3v) is 13.5. The molecule has 2 heterocycles. The summed E-state index contributed by atoms with van der Waals surface area (Å²) in [6, 6.07) is 63.6. The van der Waals surface area contributed by atoms with Gasteiger partial charge in [-0.15, -0.1) is 11.3 Å². The summed E-state index contributed by atoms with van der Waals surface area (Å²) in [5.41, 5.74) is 10.4. The molecule has 0 aliphatic heterocycles. The third-order valence-electron chi connectivity index (χ3n) is 12.3. The van der Waals surface area contributed by atoms with E-state index < -0.39 is 0 Å². The molecule has 0 saturated carbocycles. The van der Waals surface area contributed by atoms with Crippen LogP contribution in [0.25, 0.3) is 109 Å². The monoisotopic (exact) mass is 757 g/mol. The van der Waals surface area contributed by atoms with E-state index in [1.807, 2.05) is 11.3 Å². The van der Waals surface area contributed by atoms with Crippen molar-refractivity contribution in [3.8, 4) is 56.4 Å². The molecule has 0 amide bonds. The van der Waals surface area contributed by atoms with E-state index in [-0.39, 0.29) is 5.41 Å². The SMILES string of the molecule is CC1(C)c2ccccc2-c2ccc(-c3nc(-c4ccc(-c5cccc6c5sc5ccccc56)cc4)nc(-c4c5ccccc5cc5c4ccc4ccccc45)n3)cc21. The van der Waals surface area contributed by atoms with Gasteiger partial charge in [-0.2, -0.15) is 0 Å². The van der Waals surface area contributed by atoms with Crippen molar-refractivity contribution in [2.75, 3.05) is 0 Å². The zero-order valence-electron chi connectivity index (χ0n) is 32.0. The van der Waals surface area contributed by atoms with E-state index in [4.69, 9.17) is 15.0 Å². The lowest BCUT2D eigenvalue weighted by atomic mass is 9.82. The van der Waals surface area contributed by atoms with Crippen LogP contribution in [0.4, 0.5) is 0 Å². The maximum absolute atomic E-state index is 5.40. The lowest BCUT2D eigenvalue weighted by Crippen LogP contribution is -2.15. The number of thiophene rings is 1. The standard InChI is InChI=1S/C54H35N3S/c1-54(2)46-20-9-7-16-40(46)41-28-27-36(31-47(41)54)52-55-51(34-24-22-33(23-25-34)39-18-11-19-44-42-17-8-10-21-48(42)58-50(39)44)56-53(57-52)49-38-15-6-4-13-35(38)30-45-37-14-5-3-12-32(37)26-29-43(45)49/h3-31H,1-2H3. The van der Waals surface area contributed by atoms with Gasteiger partial charge in [-0.25, -0.2) is 15.0 Å². The first-order valence-electron chi connectivity index (χ1n) is 19.9. The van der Waals surface area contributed by atoms with Crippen molar-refractivity contribution in [1.29, 1.82) is 0 Å². The summed E-state index contributed by atoms with van der Waals surface area (Å²) in [6.45, 7) is 4.64. The summed E-state index contributed by atoms with van der Waals surface area (Å²) in [7, 11) is 0. The highest BCUT2D eigenvalue weighted by Crippen LogP contribution is 2.50. The Balaban J connectivity index is 1.08. The number of nitrogens with zero attached hydrogens (tertiary/aromatic N) is 3. The van der Waals surface area contributed by atoms with Gasteiger partial charge >= 0.3 is 0 Å². The number of fused-ring (bicyclic) bond motifs is 10. The minimum absolute atomic E-state index is 0.152. The molecule has 3 nitrogen and oxygen atoms in total. The summed E-state index contributed by atoms with van der Waals surface area (Å²) in [5, 5.41) is 9.61. The molecule has 0 spiro atoms. The Morgan fingerprint density at radius 2 is 1.00 bits per heavy atom. The maximum Gasteiger partial charge on any atom is 0.165 e. The first-order valence-corrected chi connectivity index (χ1v) is 20.7. The van der Waals surface area contributed by atoms with Crippen molar-refractivity contribution in [2.24, 2.45) is 0 Å². The summed E-state index contributed by atoms with van der Waals surface area (Å²) in [4.78, 5) is 16.1. The lowest BCUT2D eigenvalue weighted by Gasteiger charge is -2.22.